The topological polar surface area (TPSA) is 115 Å². The Morgan fingerprint density at radius 3 is 2.52 bits per heavy atom. The van der Waals surface area contributed by atoms with Crippen molar-refractivity contribution in [2.24, 2.45) is 5.92 Å². The number of rotatable bonds is 10. The Hall–Kier alpha value is -3.49. The van der Waals surface area contributed by atoms with E-state index in [4.69, 9.17) is 0 Å². The molecule has 0 saturated heterocycles. The van der Waals surface area contributed by atoms with Crippen LogP contribution in [-0.4, -0.2) is 45.5 Å². The number of aromatic hydroxyl groups is 1. The molecule has 0 unspecified atom stereocenters. The standard InChI is InChI=1S/C25H30FN3O4/c1-5-19(15(2)3)24(10-16(4)20-11-18(32)6-7-22(20)26)29-23-8-9-27-12-21(23)25(33)28-17(13-30)14-31/h5-12,15,17,30-32H,4,13-14H2,1-3H3,(H,27,29)(H,28,33)/b19-5-,24-10+. The van der Waals surface area contributed by atoms with Gasteiger partial charge in [0.15, 0.2) is 0 Å². The molecule has 2 aromatic rings. The molecule has 1 amide bonds. The van der Waals surface area contributed by atoms with Gasteiger partial charge in [-0.3, -0.25) is 9.78 Å². The van der Waals surface area contributed by atoms with Crippen molar-refractivity contribution in [3.63, 3.8) is 0 Å². The minimum Gasteiger partial charge on any atom is -0.508 e. The number of carbonyl (C=O) groups excluding carboxylic acids is 1. The van der Waals surface area contributed by atoms with E-state index in [0.29, 0.717) is 17.0 Å². The predicted octanol–water partition coefficient (Wildman–Crippen LogP) is 3.62. The molecule has 0 aliphatic heterocycles. The van der Waals surface area contributed by atoms with Gasteiger partial charge >= 0.3 is 0 Å². The van der Waals surface area contributed by atoms with Gasteiger partial charge in [-0.15, -0.1) is 0 Å². The van der Waals surface area contributed by atoms with E-state index >= 15 is 0 Å². The SMILES string of the molecule is C=C(/C=C(Nc1ccncc1C(=O)NC(CO)CO)\C(=C/C)C(C)C)c1cc(O)ccc1F. The van der Waals surface area contributed by atoms with Crippen LogP contribution in [0.3, 0.4) is 0 Å². The minimum atomic E-state index is -0.809. The van der Waals surface area contributed by atoms with Gasteiger partial charge in [0, 0.05) is 23.7 Å². The number of aliphatic hydroxyl groups excluding tert-OH is 2. The van der Waals surface area contributed by atoms with Crippen LogP contribution in [-0.2, 0) is 0 Å². The van der Waals surface area contributed by atoms with Crippen molar-refractivity contribution < 1.29 is 24.5 Å². The number of hydrogen-bond acceptors (Lipinski definition) is 6. The summed E-state index contributed by atoms with van der Waals surface area (Å²) >= 11 is 0. The lowest BCUT2D eigenvalue weighted by Crippen LogP contribution is -2.40. The number of phenols is 1. The Labute approximate surface area is 193 Å². The number of anilines is 1. The molecular formula is C25H30FN3O4. The van der Waals surface area contributed by atoms with E-state index in [-0.39, 0.29) is 22.8 Å². The number of nitrogens with zero attached hydrogens (tertiary/aromatic N) is 1. The third kappa shape index (κ3) is 6.74. The molecule has 0 spiro atoms. The number of allylic oxidation sites excluding steroid dienone is 4. The average molecular weight is 456 g/mol. The highest BCUT2D eigenvalue weighted by atomic mass is 19.1. The maximum atomic E-state index is 14.4. The van der Waals surface area contributed by atoms with Gasteiger partial charge in [-0.1, -0.05) is 26.5 Å². The van der Waals surface area contributed by atoms with Crippen LogP contribution in [0.4, 0.5) is 10.1 Å². The zero-order chi connectivity index (χ0) is 24.5. The highest BCUT2D eigenvalue weighted by Gasteiger charge is 2.18. The van der Waals surface area contributed by atoms with Crippen LogP contribution in [0.2, 0.25) is 0 Å². The van der Waals surface area contributed by atoms with Crippen LogP contribution >= 0.6 is 0 Å². The fraction of sp³-hybridized carbons (Fsp3) is 0.280. The van der Waals surface area contributed by atoms with Crippen molar-refractivity contribution in [2.45, 2.75) is 26.8 Å². The number of carbonyl (C=O) groups is 1. The van der Waals surface area contributed by atoms with Gasteiger partial charge in [-0.05, 0) is 54.3 Å². The number of aromatic nitrogens is 1. The van der Waals surface area contributed by atoms with E-state index in [1.807, 2.05) is 26.8 Å². The van der Waals surface area contributed by atoms with Gasteiger partial charge < -0.3 is 26.0 Å². The molecule has 0 aliphatic rings. The molecule has 5 N–H and O–H groups in total. The molecule has 0 saturated carbocycles. The fourth-order valence-corrected chi connectivity index (χ4v) is 3.24. The zero-order valence-electron chi connectivity index (χ0n) is 19.0. The highest BCUT2D eigenvalue weighted by molar-refractivity contribution is 6.00. The number of amides is 1. The molecule has 176 valence electrons. The molecular weight excluding hydrogens is 425 g/mol. The maximum Gasteiger partial charge on any atom is 0.255 e. The number of halogens is 1. The van der Waals surface area contributed by atoms with Crippen molar-refractivity contribution in [3.8, 4) is 5.75 Å². The quantitative estimate of drug-likeness (QED) is 0.350. The van der Waals surface area contributed by atoms with Crippen LogP contribution in [0.25, 0.3) is 5.57 Å². The molecule has 0 fully saturated rings. The summed E-state index contributed by atoms with van der Waals surface area (Å²) in [5, 5.41) is 34.1. The Bertz CT molecular complexity index is 1060. The summed E-state index contributed by atoms with van der Waals surface area (Å²) in [6.45, 7) is 8.99. The summed E-state index contributed by atoms with van der Waals surface area (Å²) in [6.07, 6.45) is 6.44. The average Bonchev–Trinajstić information content (AvgIpc) is 2.79. The van der Waals surface area contributed by atoms with E-state index in [0.717, 1.165) is 5.57 Å². The number of pyridine rings is 1. The van der Waals surface area contributed by atoms with Gasteiger partial charge in [0.25, 0.3) is 5.91 Å². The first-order valence-electron chi connectivity index (χ1n) is 10.5. The molecule has 8 heteroatoms. The number of nitrogens with one attached hydrogen (secondary N) is 2. The molecule has 1 heterocycles. The summed E-state index contributed by atoms with van der Waals surface area (Å²) in [7, 11) is 0. The lowest BCUT2D eigenvalue weighted by atomic mass is 9.96. The Morgan fingerprint density at radius 1 is 1.21 bits per heavy atom. The van der Waals surface area contributed by atoms with E-state index in [1.165, 1.54) is 30.6 Å². The van der Waals surface area contributed by atoms with Crippen LogP contribution in [0.5, 0.6) is 5.75 Å². The molecule has 0 aliphatic carbocycles. The molecule has 0 radical (unpaired) electrons. The normalized spacial score (nSPS) is 12.2. The van der Waals surface area contributed by atoms with Crippen molar-refractivity contribution >= 4 is 17.2 Å². The van der Waals surface area contributed by atoms with Gasteiger partial charge in [0.1, 0.15) is 11.6 Å². The first-order valence-corrected chi connectivity index (χ1v) is 10.5. The second kappa shape index (κ2) is 11.9. The van der Waals surface area contributed by atoms with E-state index in [9.17, 15) is 24.5 Å². The lowest BCUT2D eigenvalue weighted by Gasteiger charge is -2.21. The smallest absolute Gasteiger partial charge is 0.255 e. The summed E-state index contributed by atoms with van der Waals surface area (Å²) in [5.74, 6) is -1.05. The minimum absolute atomic E-state index is 0.0824. The highest BCUT2D eigenvalue weighted by Crippen LogP contribution is 2.29. The van der Waals surface area contributed by atoms with Crippen molar-refractivity contribution in [1.29, 1.82) is 0 Å². The fourth-order valence-electron chi connectivity index (χ4n) is 3.24. The van der Waals surface area contributed by atoms with E-state index in [2.05, 4.69) is 22.2 Å². The molecule has 33 heavy (non-hydrogen) atoms. The van der Waals surface area contributed by atoms with E-state index < -0.39 is 31.0 Å². The largest absolute Gasteiger partial charge is 0.508 e. The predicted molar refractivity (Wildman–Crippen MR) is 127 cm³/mol. The molecule has 1 aromatic carbocycles. The first kappa shape index (κ1) is 25.8. The molecule has 7 nitrogen and oxygen atoms in total. The number of aliphatic hydroxyl groups is 2. The molecule has 0 atom stereocenters. The van der Waals surface area contributed by atoms with E-state index in [1.54, 1.807) is 12.1 Å². The van der Waals surface area contributed by atoms with Gasteiger partial charge in [-0.2, -0.15) is 0 Å². The van der Waals surface area contributed by atoms with Crippen LogP contribution < -0.4 is 10.6 Å². The van der Waals surface area contributed by atoms with Gasteiger partial charge in [0.05, 0.1) is 30.5 Å². The summed E-state index contributed by atoms with van der Waals surface area (Å²) < 4.78 is 14.4. The Morgan fingerprint density at radius 2 is 1.91 bits per heavy atom. The number of hydrogen-bond donors (Lipinski definition) is 5. The zero-order valence-corrected chi connectivity index (χ0v) is 19.0. The third-order valence-corrected chi connectivity index (χ3v) is 4.97. The molecule has 0 bridgehead atoms. The third-order valence-electron chi connectivity index (χ3n) is 4.97. The second-order valence-electron chi connectivity index (χ2n) is 7.73. The number of phenolic OH excluding ortho intramolecular Hbond substituents is 1. The molecule has 2 rings (SSSR count). The van der Waals surface area contributed by atoms with Crippen LogP contribution in [0, 0.1) is 11.7 Å². The maximum absolute atomic E-state index is 14.4. The first-order chi connectivity index (χ1) is 15.7. The van der Waals surface area contributed by atoms with Gasteiger partial charge in [0.2, 0.25) is 0 Å². The number of benzene rings is 1. The van der Waals surface area contributed by atoms with Crippen molar-refractivity contribution in [1.82, 2.24) is 10.3 Å². The van der Waals surface area contributed by atoms with Crippen molar-refractivity contribution in [2.75, 3.05) is 18.5 Å². The van der Waals surface area contributed by atoms with Crippen LogP contribution in [0.1, 0.15) is 36.7 Å². The second-order valence-corrected chi connectivity index (χ2v) is 7.73. The summed E-state index contributed by atoms with van der Waals surface area (Å²) in [5.41, 5.74) is 2.57. The van der Waals surface area contributed by atoms with Crippen LogP contribution in [0.15, 0.2) is 66.7 Å². The Kier molecular flexibility index (Phi) is 9.32. The summed E-state index contributed by atoms with van der Waals surface area (Å²) in [6, 6.07) is 4.52. The summed E-state index contributed by atoms with van der Waals surface area (Å²) in [4.78, 5) is 16.7. The van der Waals surface area contributed by atoms with Gasteiger partial charge in [-0.25, -0.2) is 4.39 Å². The monoisotopic (exact) mass is 455 g/mol. The lowest BCUT2D eigenvalue weighted by molar-refractivity contribution is 0.0880. The Balaban J connectivity index is 2.50. The molecule has 1 aromatic heterocycles. The van der Waals surface area contributed by atoms with Crippen molar-refractivity contribution in [3.05, 3.63) is 83.6 Å².